The highest BCUT2D eigenvalue weighted by molar-refractivity contribution is 9.10. The van der Waals surface area contributed by atoms with Crippen LogP contribution in [-0.4, -0.2) is 10.9 Å². The number of ketones is 1. The van der Waals surface area contributed by atoms with Gasteiger partial charge in [0.1, 0.15) is 0 Å². The summed E-state index contributed by atoms with van der Waals surface area (Å²) in [6, 6.07) is 12.2. The molecule has 0 saturated heterocycles. The van der Waals surface area contributed by atoms with Gasteiger partial charge in [0.25, 0.3) is 0 Å². The fraction of sp³-hybridized carbons (Fsp3) is 0.0769. The van der Waals surface area contributed by atoms with Crippen LogP contribution in [0.25, 0.3) is 0 Å². The zero-order valence-corrected chi connectivity index (χ0v) is 12.1. The molecule has 1 aromatic heterocycles. The van der Waals surface area contributed by atoms with Crippen LogP contribution in [0, 0.1) is 11.3 Å². The number of halogens is 2. The maximum atomic E-state index is 12.0. The molecule has 19 heavy (non-hydrogen) atoms. The van der Waals surface area contributed by atoms with E-state index < -0.39 is 0 Å². The molecule has 0 atom stereocenters. The Kier molecular flexibility index (Phi) is 5.61. The van der Waals surface area contributed by atoms with Gasteiger partial charge in [-0.1, -0.05) is 4.68 Å². The maximum Gasteiger partial charge on any atom is 0.236 e. The molecule has 4 nitrogen and oxygen atoms in total. The number of aromatic nitrogens is 2. The summed E-state index contributed by atoms with van der Waals surface area (Å²) in [6.45, 7) is 0.172. The smallest absolute Gasteiger partial charge is 0.236 e. The van der Waals surface area contributed by atoms with Crippen LogP contribution in [0.5, 0.6) is 0 Å². The summed E-state index contributed by atoms with van der Waals surface area (Å²) >= 11 is 3.25. The number of carbonyl (C=O) groups excluding carboxylic acids is 1. The third kappa shape index (κ3) is 4.12. The van der Waals surface area contributed by atoms with Crippen LogP contribution < -0.4 is 17.1 Å². The number of rotatable bonds is 3. The van der Waals surface area contributed by atoms with Crippen molar-refractivity contribution < 1.29 is 21.9 Å². The largest absolute Gasteiger partial charge is 1.00 e. The third-order valence-corrected chi connectivity index (χ3v) is 2.78. The molecule has 0 N–H and O–H groups in total. The lowest BCUT2D eigenvalue weighted by atomic mass is 10.1. The summed E-state index contributed by atoms with van der Waals surface area (Å²) in [7, 11) is 0. The van der Waals surface area contributed by atoms with Gasteiger partial charge in [0.05, 0.1) is 11.6 Å². The summed E-state index contributed by atoms with van der Waals surface area (Å²) in [6.07, 6.45) is 1.73. The fourth-order valence-electron chi connectivity index (χ4n) is 1.47. The molecule has 2 aromatic rings. The van der Waals surface area contributed by atoms with E-state index in [0.717, 1.165) is 0 Å². The predicted octanol–water partition coefficient (Wildman–Crippen LogP) is -1.11. The molecule has 0 unspecified atom stereocenters. The van der Waals surface area contributed by atoms with Crippen molar-refractivity contribution in [3.8, 4) is 6.07 Å². The van der Waals surface area contributed by atoms with E-state index in [1.165, 1.54) is 0 Å². The van der Waals surface area contributed by atoms with Gasteiger partial charge >= 0.3 is 0 Å². The quantitative estimate of drug-likeness (QED) is 0.527. The first-order valence-corrected chi connectivity index (χ1v) is 6.04. The minimum atomic E-state index is -0.0462. The van der Waals surface area contributed by atoms with Gasteiger partial charge in [0.15, 0.2) is 10.8 Å². The minimum absolute atomic E-state index is 0. The molecule has 0 radical (unpaired) electrons. The number of hydrogen-bond acceptors (Lipinski definition) is 3. The highest BCUT2D eigenvalue weighted by Gasteiger charge is 2.13. The Hall–Kier alpha value is -1.77. The first-order chi connectivity index (χ1) is 8.69. The Bertz CT molecular complexity index is 623. The molecule has 6 heteroatoms. The van der Waals surface area contributed by atoms with Crippen molar-refractivity contribution in [2.24, 2.45) is 0 Å². The molecule has 1 aromatic carbocycles. The van der Waals surface area contributed by atoms with Gasteiger partial charge < -0.3 is 12.4 Å². The molecular weight excluding hydrogens is 330 g/mol. The number of carbonyl (C=O) groups is 1. The van der Waals surface area contributed by atoms with Crippen LogP contribution in [0.1, 0.15) is 15.9 Å². The molecule has 0 fully saturated rings. The second kappa shape index (κ2) is 6.98. The summed E-state index contributed by atoms with van der Waals surface area (Å²) < 4.78 is 2.24. The van der Waals surface area contributed by atoms with Crippen LogP contribution in [0.3, 0.4) is 0 Å². The number of nitrogens with zero attached hydrogens (tertiary/aromatic N) is 3. The Balaban J connectivity index is 0.00000180. The van der Waals surface area contributed by atoms with E-state index in [1.807, 2.05) is 12.1 Å². The topological polar surface area (TPSA) is 57.6 Å². The van der Waals surface area contributed by atoms with Crippen molar-refractivity contribution in [1.82, 2.24) is 5.10 Å². The number of Topliss-reactive ketones (excluding diaryl/α,β-unsaturated/α-hetero) is 1. The molecule has 0 bridgehead atoms. The van der Waals surface area contributed by atoms with E-state index in [0.29, 0.717) is 15.7 Å². The average molecular weight is 339 g/mol. The standard InChI is InChI=1S/C13H9BrN3O.ClH/c14-13-2-1-7-17(16-13)9-12(18)11-5-3-10(8-15)4-6-11;/h1-7H,9H2;1H/q+1;/p-1. The molecule has 1 heterocycles. The van der Waals surface area contributed by atoms with Gasteiger partial charge in [0.2, 0.25) is 12.3 Å². The van der Waals surface area contributed by atoms with E-state index in [4.69, 9.17) is 5.26 Å². The molecule has 0 aliphatic heterocycles. The summed E-state index contributed by atoms with van der Waals surface area (Å²) in [5.74, 6) is -0.0462. The van der Waals surface area contributed by atoms with Crippen molar-refractivity contribution in [2.75, 3.05) is 0 Å². The maximum absolute atomic E-state index is 12.0. The van der Waals surface area contributed by atoms with Crippen LogP contribution in [0.2, 0.25) is 0 Å². The van der Waals surface area contributed by atoms with Crippen molar-refractivity contribution in [3.63, 3.8) is 0 Å². The fourth-order valence-corrected chi connectivity index (χ4v) is 1.82. The van der Waals surface area contributed by atoms with E-state index in [9.17, 15) is 4.79 Å². The summed E-state index contributed by atoms with van der Waals surface area (Å²) in [5, 5.41) is 12.8. The predicted molar refractivity (Wildman–Crippen MR) is 67.6 cm³/mol. The first kappa shape index (κ1) is 15.3. The number of nitriles is 1. The van der Waals surface area contributed by atoms with Gasteiger partial charge in [0, 0.05) is 16.7 Å². The minimum Gasteiger partial charge on any atom is -1.00 e. The highest BCUT2D eigenvalue weighted by atomic mass is 79.9. The Morgan fingerprint density at radius 3 is 2.58 bits per heavy atom. The lowest BCUT2D eigenvalue weighted by molar-refractivity contribution is -0.742. The molecule has 96 valence electrons. The third-order valence-electron chi connectivity index (χ3n) is 2.36. The average Bonchev–Trinajstić information content (AvgIpc) is 2.39. The normalized spacial score (nSPS) is 9.26. The van der Waals surface area contributed by atoms with Crippen molar-refractivity contribution in [1.29, 1.82) is 5.26 Å². The van der Waals surface area contributed by atoms with Crippen molar-refractivity contribution >= 4 is 21.7 Å². The molecule has 0 spiro atoms. The molecule has 0 saturated carbocycles. The van der Waals surface area contributed by atoms with Crippen LogP contribution >= 0.6 is 15.9 Å². The number of benzene rings is 1. The molecule has 0 amide bonds. The van der Waals surface area contributed by atoms with Crippen molar-refractivity contribution in [3.05, 3.63) is 58.3 Å². The SMILES string of the molecule is N#Cc1ccc(C(=O)C[n+]2cccc(Br)n2)cc1.[Cl-]. The van der Waals surface area contributed by atoms with E-state index in [1.54, 1.807) is 41.2 Å². The molecular formula is C13H9BrClN3O. The molecule has 0 aliphatic rings. The van der Waals surface area contributed by atoms with Gasteiger partial charge in [-0.05, 0) is 46.3 Å². The van der Waals surface area contributed by atoms with Crippen molar-refractivity contribution in [2.45, 2.75) is 6.54 Å². The summed E-state index contributed by atoms with van der Waals surface area (Å²) in [5.41, 5.74) is 1.11. The lowest BCUT2D eigenvalue weighted by Gasteiger charge is -1.97. The lowest BCUT2D eigenvalue weighted by Crippen LogP contribution is -3.00. The van der Waals surface area contributed by atoms with E-state index in [2.05, 4.69) is 21.0 Å². The van der Waals surface area contributed by atoms with Gasteiger partial charge in [-0.15, -0.1) is 0 Å². The Morgan fingerprint density at radius 1 is 1.32 bits per heavy atom. The Morgan fingerprint density at radius 2 is 2.00 bits per heavy atom. The van der Waals surface area contributed by atoms with E-state index >= 15 is 0 Å². The van der Waals surface area contributed by atoms with Crippen LogP contribution in [0.15, 0.2) is 47.2 Å². The van der Waals surface area contributed by atoms with Crippen LogP contribution in [0.4, 0.5) is 0 Å². The van der Waals surface area contributed by atoms with Gasteiger partial charge in [-0.2, -0.15) is 5.26 Å². The van der Waals surface area contributed by atoms with Gasteiger partial charge in [-0.3, -0.25) is 4.79 Å². The zero-order valence-electron chi connectivity index (χ0n) is 9.75. The number of hydrogen-bond donors (Lipinski definition) is 0. The Labute approximate surface area is 125 Å². The second-order valence-electron chi connectivity index (χ2n) is 3.64. The zero-order chi connectivity index (χ0) is 13.0. The first-order valence-electron chi connectivity index (χ1n) is 5.25. The second-order valence-corrected chi connectivity index (χ2v) is 4.45. The van der Waals surface area contributed by atoms with Crippen LogP contribution in [-0.2, 0) is 6.54 Å². The van der Waals surface area contributed by atoms with Gasteiger partial charge in [-0.25, -0.2) is 0 Å². The summed E-state index contributed by atoms with van der Waals surface area (Å²) in [4.78, 5) is 12.0. The molecule has 2 rings (SSSR count). The monoisotopic (exact) mass is 337 g/mol. The molecule has 0 aliphatic carbocycles. The van der Waals surface area contributed by atoms with E-state index in [-0.39, 0.29) is 24.7 Å². The highest BCUT2D eigenvalue weighted by Crippen LogP contribution is 2.04.